The van der Waals surface area contributed by atoms with Crippen LogP contribution in [-0.2, 0) is 9.53 Å². The van der Waals surface area contributed by atoms with Crippen LogP contribution in [0.3, 0.4) is 0 Å². The van der Waals surface area contributed by atoms with Gasteiger partial charge >= 0.3 is 0 Å². The summed E-state index contributed by atoms with van der Waals surface area (Å²) in [4.78, 5) is 11.8. The Morgan fingerprint density at radius 2 is 2.31 bits per heavy atom. The lowest BCUT2D eigenvalue weighted by atomic mass is 9.85. The van der Waals surface area contributed by atoms with Crippen LogP contribution < -0.4 is 11.1 Å². The molecule has 0 saturated heterocycles. The number of amides is 1. The average molecular weight is 228 g/mol. The van der Waals surface area contributed by atoms with Gasteiger partial charge in [-0.25, -0.2) is 0 Å². The van der Waals surface area contributed by atoms with Gasteiger partial charge in [0.2, 0.25) is 5.91 Å². The molecule has 1 rings (SSSR count). The lowest BCUT2D eigenvalue weighted by Gasteiger charge is -2.26. The number of methoxy groups -OCH3 is 1. The molecule has 0 aromatic carbocycles. The summed E-state index contributed by atoms with van der Waals surface area (Å²) in [5.41, 5.74) is 5.87. The highest BCUT2D eigenvalue weighted by Gasteiger charge is 2.25. The summed E-state index contributed by atoms with van der Waals surface area (Å²) in [6, 6.07) is 0.209. The maximum atomic E-state index is 11.8. The maximum absolute atomic E-state index is 11.8. The molecule has 0 spiro atoms. The third-order valence-corrected chi connectivity index (χ3v) is 3.16. The van der Waals surface area contributed by atoms with E-state index in [2.05, 4.69) is 12.2 Å². The van der Waals surface area contributed by atoms with Crippen LogP contribution in [0.4, 0.5) is 0 Å². The van der Waals surface area contributed by atoms with Gasteiger partial charge in [0, 0.05) is 25.6 Å². The molecule has 4 heteroatoms. The van der Waals surface area contributed by atoms with E-state index in [1.165, 1.54) is 0 Å². The van der Waals surface area contributed by atoms with E-state index in [0.29, 0.717) is 19.1 Å². The molecule has 0 heterocycles. The van der Waals surface area contributed by atoms with Crippen molar-refractivity contribution in [3.05, 3.63) is 0 Å². The normalized spacial score (nSPS) is 27.4. The molecule has 1 saturated carbocycles. The number of rotatable bonds is 5. The molecule has 94 valence electrons. The van der Waals surface area contributed by atoms with Gasteiger partial charge in [-0.1, -0.05) is 13.3 Å². The Kier molecular flexibility index (Phi) is 5.77. The zero-order chi connectivity index (χ0) is 12.0. The van der Waals surface area contributed by atoms with Crippen LogP contribution >= 0.6 is 0 Å². The number of carbonyl (C=O) groups excluding carboxylic acids is 1. The lowest BCUT2D eigenvalue weighted by Crippen LogP contribution is -2.39. The van der Waals surface area contributed by atoms with Gasteiger partial charge in [-0.3, -0.25) is 4.79 Å². The van der Waals surface area contributed by atoms with Crippen LogP contribution in [0.25, 0.3) is 0 Å². The molecule has 3 atom stereocenters. The van der Waals surface area contributed by atoms with E-state index >= 15 is 0 Å². The van der Waals surface area contributed by atoms with E-state index in [0.717, 1.165) is 25.7 Å². The van der Waals surface area contributed by atoms with Crippen molar-refractivity contribution < 1.29 is 9.53 Å². The highest BCUT2D eigenvalue weighted by atomic mass is 16.5. The van der Waals surface area contributed by atoms with Gasteiger partial charge in [0.25, 0.3) is 0 Å². The molecule has 16 heavy (non-hydrogen) atoms. The van der Waals surface area contributed by atoms with Crippen LogP contribution in [0.1, 0.15) is 32.6 Å². The zero-order valence-electron chi connectivity index (χ0n) is 10.4. The summed E-state index contributed by atoms with van der Waals surface area (Å²) in [6.07, 6.45) is 3.96. The SMILES string of the molecule is COCC(C)CNC(=O)C1CCCC(N)C1. The monoisotopic (exact) mass is 228 g/mol. The molecule has 1 amide bonds. The molecule has 0 aromatic heterocycles. The Labute approximate surface area is 97.9 Å². The van der Waals surface area contributed by atoms with E-state index in [9.17, 15) is 4.79 Å². The first-order chi connectivity index (χ1) is 7.63. The molecule has 3 unspecified atom stereocenters. The fourth-order valence-corrected chi connectivity index (χ4v) is 2.23. The first-order valence-electron chi connectivity index (χ1n) is 6.15. The molecule has 3 N–H and O–H groups in total. The highest BCUT2D eigenvalue weighted by molar-refractivity contribution is 5.78. The molecule has 0 radical (unpaired) electrons. The standard InChI is InChI=1S/C12H24N2O2/c1-9(8-16-2)7-14-12(15)10-4-3-5-11(13)6-10/h9-11H,3-8,13H2,1-2H3,(H,14,15). The number of ether oxygens (including phenoxy) is 1. The van der Waals surface area contributed by atoms with Crippen LogP contribution in [0.15, 0.2) is 0 Å². The topological polar surface area (TPSA) is 64.3 Å². The first kappa shape index (κ1) is 13.5. The van der Waals surface area contributed by atoms with E-state index in [4.69, 9.17) is 10.5 Å². The fourth-order valence-electron chi connectivity index (χ4n) is 2.23. The van der Waals surface area contributed by atoms with Crippen LogP contribution in [0.2, 0.25) is 0 Å². The number of nitrogens with two attached hydrogens (primary N) is 1. The predicted octanol–water partition coefficient (Wildman–Crippen LogP) is 0.903. The molecule has 1 fully saturated rings. The minimum absolute atomic E-state index is 0.124. The first-order valence-corrected chi connectivity index (χ1v) is 6.15. The van der Waals surface area contributed by atoms with Gasteiger partial charge < -0.3 is 15.8 Å². The number of carbonyl (C=O) groups is 1. The van der Waals surface area contributed by atoms with E-state index in [1.54, 1.807) is 7.11 Å². The van der Waals surface area contributed by atoms with Crippen molar-refractivity contribution in [1.82, 2.24) is 5.32 Å². The van der Waals surface area contributed by atoms with Gasteiger partial charge in [0.15, 0.2) is 0 Å². The molecule has 0 bridgehead atoms. The fraction of sp³-hybridized carbons (Fsp3) is 0.917. The Hall–Kier alpha value is -0.610. The molecule has 1 aliphatic rings. The lowest BCUT2D eigenvalue weighted by molar-refractivity contribution is -0.126. The van der Waals surface area contributed by atoms with Crippen LogP contribution in [0.5, 0.6) is 0 Å². The van der Waals surface area contributed by atoms with Crippen LogP contribution in [0, 0.1) is 11.8 Å². The van der Waals surface area contributed by atoms with Crippen molar-refractivity contribution in [3.63, 3.8) is 0 Å². The molecule has 0 aliphatic heterocycles. The van der Waals surface area contributed by atoms with Crippen LogP contribution in [-0.4, -0.2) is 32.2 Å². The summed E-state index contributed by atoms with van der Waals surface area (Å²) >= 11 is 0. The van der Waals surface area contributed by atoms with Gasteiger partial charge in [0.05, 0.1) is 6.61 Å². The van der Waals surface area contributed by atoms with Gasteiger partial charge in [-0.2, -0.15) is 0 Å². The summed E-state index contributed by atoms with van der Waals surface area (Å²) < 4.78 is 5.03. The second-order valence-electron chi connectivity index (χ2n) is 4.93. The molecule has 1 aliphatic carbocycles. The van der Waals surface area contributed by atoms with Crippen molar-refractivity contribution in [1.29, 1.82) is 0 Å². The second kappa shape index (κ2) is 6.86. The number of hydrogen-bond donors (Lipinski definition) is 2. The van der Waals surface area contributed by atoms with E-state index in [1.807, 2.05) is 0 Å². The average Bonchev–Trinajstić information content (AvgIpc) is 2.26. The van der Waals surface area contributed by atoms with Gasteiger partial charge in [-0.05, 0) is 25.2 Å². The smallest absolute Gasteiger partial charge is 0.223 e. The minimum Gasteiger partial charge on any atom is -0.384 e. The third kappa shape index (κ3) is 4.49. The number of nitrogens with one attached hydrogen (secondary N) is 1. The maximum Gasteiger partial charge on any atom is 0.223 e. The van der Waals surface area contributed by atoms with Crippen molar-refractivity contribution in [3.8, 4) is 0 Å². The summed E-state index contributed by atoms with van der Waals surface area (Å²) in [6.45, 7) is 3.44. The second-order valence-corrected chi connectivity index (χ2v) is 4.93. The molecular formula is C12H24N2O2. The largest absolute Gasteiger partial charge is 0.384 e. The van der Waals surface area contributed by atoms with E-state index in [-0.39, 0.29) is 17.9 Å². The third-order valence-electron chi connectivity index (χ3n) is 3.16. The van der Waals surface area contributed by atoms with Gasteiger partial charge in [-0.15, -0.1) is 0 Å². The van der Waals surface area contributed by atoms with Crippen molar-refractivity contribution >= 4 is 5.91 Å². The number of hydrogen-bond acceptors (Lipinski definition) is 3. The summed E-state index contributed by atoms with van der Waals surface area (Å²) in [5.74, 6) is 0.655. The predicted molar refractivity (Wildman–Crippen MR) is 64.0 cm³/mol. The van der Waals surface area contributed by atoms with Crippen molar-refractivity contribution in [2.75, 3.05) is 20.3 Å². The minimum atomic E-state index is 0.124. The quantitative estimate of drug-likeness (QED) is 0.735. The highest BCUT2D eigenvalue weighted by Crippen LogP contribution is 2.23. The zero-order valence-corrected chi connectivity index (χ0v) is 10.4. The Bertz CT molecular complexity index is 221. The Morgan fingerprint density at radius 3 is 2.94 bits per heavy atom. The summed E-state index contributed by atoms with van der Waals surface area (Å²) in [7, 11) is 1.68. The molecular weight excluding hydrogens is 204 g/mol. The Morgan fingerprint density at radius 1 is 1.56 bits per heavy atom. The summed E-state index contributed by atoms with van der Waals surface area (Å²) in [5, 5.41) is 2.98. The molecule has 0 aromatic rings. The van der Waals surface area contributed by atoms with Crippen molar-refractivity contribution in [2.45, 2.75) is 38.6 Å². The van der Waals surface area contributed by atoms with Gasteiger partial charge in [0.1, 0.15) is 0 Å². The van der Waals surface area contributed by atoms with Crippen molar-refractivity contribution in [2.24, 2.45) is 17.6 Å². The van der Waals surface area contributed by atoms with E-state index < -0.39 is 0 Å². The molecule has 4 nitrogen and oxygen atoms in total. The Balaban J connectivity index is 2.23.